The predicted molar refractivity (Wildman–Crippen MR) is 79.7 cm³/mol. The molecule has 21 heavy (non-hydrogen) atoms. The van der Waals surface area contributed by atoms with Crippen molar-refractivity contribution in [1.29, 1.82) is 0 Å². The van der Waals surface area contributed by atoms with Gasteiger partial charge in [-0.05, 0) is 12.8 Å². The van der Waals surface area contributed by atoms with Crippen molar-refractivity contribution in [3.05, 3.63) is 16.4 Å². The molecule has 0 spiro atoms. The number of ether oxygens (including phenoxy) is 1. The minimum Gasteiger partial charge on any atom is -0.377 e. The minimum absolute atomic E-state index is 0.0497. The fourth-order valence-electron chi connectivity index (χ4n) is 2.39. The van der Waals surface area contributed by atoms with E-state index in [1.54, 1.807) is 0 Å². The van der Waals surface area contributed by atoms with Crippen LogP contribution in [0.4, 0.5) is 17.3 Å². The van der Waals surface area contributed by atoms with Gasteiger partial charge in [-0.1, -0.05) is 13.8 Å². The van der Waals surface area contributed by atoms with Gasteiger partial charge >= 0.3 is 5.69 Å². The molecule has 0 aromatic carbocycles. The van der Waals surface area contributed by atoms with E-state index in [0.29, 0.717) is 32.1 Å². The predicted octanol–water partition coefficient (Wildman–Crippen LogP) is 1.82. The van der Waals surface area contributed by atoms with Crippen LogP contribution in [0.25, 0.3) is 0 Å². The van der Waals surface area contributed by atoms with Crippen molar-refractivity contribution in [2.75, 3.05) is 36.5 Å². The molecule has 0 amide bonds. The van der Waals surface area contributed by atoms with E-state index in [1.807, 2.05) is 18.7 Å². The van der Waals surface area contributed by atoms with Crippen LogP contribution in [-0.2, 0) is 4.74 Å². The smallest absolute Gasteiger partial charge is 0.353 e. The molecule has 0 saturated carbocycles. The summed E-state index contributed by atoms with van der Waals surface area (Å²) in [5.74, 6) is 0.664. The zero-order chi connectivity index (χ0) is 15.2. The third kappa shape index (κ3) is 3.38. The number of nitrogens with one attached hydrogen (secondary N) is 1. The molecule has 8 heteroatoms. The molecule has 0 aliphatic carbocycles. The number of morpholine rings is 1. The number of aromatic nitrogens is 2. The first-order valence-electron chi connectivity index (χ1n) is 7.26. The molecule has 2 heterocycles. The molecular formula is C13H21N5O3. The Kier molecular flexibility index (Phi) is 5.26. The Morgan fingerprint density at radius 2 is 2.33 bits per heavy atom. The van der Waals surface area contributed by atoms with E-state index in [2.05, 4.69) is 15.3 Å². The molecule has 1 aliphatic heterocycles. The Morgan fingerprint density at radius 1 is 1.52 bits per heavy atom. The Hall–Kier alpha value is -1.96. The summed E-state index contributed by atoms with van der Waals surface area (Å²) in [5.41, 5.74) is -0.0497. The average Bonchev–Trinajstić information content (AvgIpc) is 2.52. The third-order valence-electron chi connectivity index (χ3n) is 3.50. The Bertz CT molecular complexity index is 497. The van der Waals surface area contributed by atoms with Crippen molar-refractivity contribution in [3.63, 3.8) is 0 Å². The van der Waals surface area contributed by atoms with Crippen molar-refractivity contribution in [1.82, 2.24) is 9.97 Å². The van der Waals surface area contributed by atoms with Gasteiger partial charge in [0.1, 0.15) is 6.33 Å². The zero-order valence-electron chi connectivity index (χ0n) is 12.4. The van der Waals surface area contributed by atoms with E-state index in [4.69, 9.17) is 4.74 Å². The van der Waals surface area contributed by atoms with E-state index in [1.165, 1.54) is 6.33 Å². The van der Waals surface area contributed by atoms with Crippen molar-refractivity contribution in [3.8, 4) is 0 Å². The second-order valence-corrected chi connectivity index (χ2v) is 4.91. The van der Waals surface area contributed by atoms with Gasteiger partial charge in [-0.2, -0.15) is 0 Å². The molecule has 116 valence electrons. The van der Waals surface area contributed by atoms with Crippen LogP contribution in [0, 0.1) is 10.1 Å². The van der Waals surface area contributed by atoms with Crippen LogP contribution in [0.3, 0.4) is 0 Å². The van der Waals surface area contributed by atoms with Gasteiger partial charge in [-0.15, -0.1) is 0 Å². The quantitative estimate of drug-likeness (QED) is 0.632. The molecule has 2 rings (SSSR count). The molecule has 1 atom stereocenters. The van der Waals surface area contributed by atoms with Gasteiger partial charge < -0.3 is 15.0 Å². The van der Waals surface area contributed by atoms with Crippen LogP contribution in [0.5, 0.6) is 0 Å². The first-order valence-corrected chi connectivity index (χ1v) is 7.26. The fourth-order valence-corrected chi connectivity index (χ4v) is 2.39. The average molecular weight is 295 g/mol. The summed E-state index contributed by atoms with van der Waals surface area (Å²) >= 11 is 0. The van der Waals surface area contributed by atoms with Crippen LogP contribution in [0.15, 0.2) is 6.33 Å². The van der Waals surface area contributed by atoms with Gasteiger partial charge in [0.05, 0.1) is 24.2 Å². The maximum absolute atomic E-state index is 11.5. The topological polar surface area (TPSA) is 93.4 Å². The molecule has 0 radical (unpaired) electrons. The Morgan fingerprint density at radius 3 is 3.00 bits per heavy atom. The molecule has 1 unspecified atom stereocenters. The highest BCUT2D eigenvalue weighted by Gasteiger charge is 2.31. The van der Waals surface area contributed by atoms with E-state index < -0.39 is 4.92 Å². The summed E-state index contributed by atoms with van der Waals surface area (Å²) in [6.45, 7) is 6.39. The fraction of sp³-hybridized carbons (Fsp3) is 0.692. The summed E-state index contributed by atoms with van der Waals surface area (Å²) in [6, 6.07) is 0.103. The second-order valence-electron chi connectivity index (χ2n) is 4.91. The molecular weight excluding hydrogens is 274 g/mol. The summed E-state index contributed by atoms with van der Waals surface area (Å²) in [6.07, 6.45) is 3.09. The molecule has 0 bridgehead atoms. The van der Waals surface area contributed by atoms with Gasteiger partial charge in [0.15, 0.2) is 0 Å². The third-order valence-corrected chi connectivity index (χ3v) is 3.50. The molecule has 1 aromatic heterocycles. The van der Waals surface area contributed by atoms with Crippen LogP contribution in [-0.4, -0.2) is 47.2 Å². The molecule has 1 N–H and O–H groups in total. The van der Waals surface area contributed by atoms with E-state index in [9.17, 15) is 10.1 Å². The van der Waals surface area contributed by atoms with Gasteiger partial charge in [0.2, 0.25) is 11.6 Å². The number of rotatable bonds is 6. The van der Waals surface area contributed by atoms with E-state index >= 15 is 0 Å². The lowest BCUT2D eigenvalue weighted by Gasteiger charge is -2.35. The lowest BCUT2D eigenvalue weighted by atomic mass is 10.1. The Labute approximate surface area is 123 Å². The minimum atomic E-state index is -0.407. The number of nitrogens with zero attached hydrogens (tertiary/aromatic N) is 4. The molecule has 1 aliphatic rings. The highest BCUT2D eigenvalue weighted by molar-refractivity contribution is 5.70. The summed E-state index contributed by atoms with van der Waals surface area (Å²) in [7, 11) is 0. The number of hydrogen-bond acceptors (Lipinski definition) is 7. The maximum Gasteiger partial charge on any atom is 0.353 e. The highest BCUT2D eigenvalue weighted by atomic mass is 16.6. The lowest BCUT2D eigenvalue weighted by Crippen LogP contribution is -2.46. The zero-order valence-corrected chi connectivity index (χ0v) is 12.4. The molecule has 1 aromatic rings. The monoisotopic (exact) mass is 295 g/mol. The van der Waals surface area contributed by atoms with Crippen LogP contribution >= 0.6 is 0 Å². The SMILES string of the molecule is CCCNc1ncnc(N2CCOCC2CC)c1[N+](=O)[O-]. The van der Waals surface area contributed by atoms with Crippen LogP contribution < -0.4 is 10.2 Å². The second kappa shape index (κ2) is 7.16. The van der Waals surface area contributed by atoms with Gasteiger partial charge in [0.25, 0.3) is 0 Å². The van der Waals surface area contributed by atoms with Crippen molar-refractivity contribution >= 4 is 17.3 Å². The maximum atomic E-state index is 11.5. The molecule has 1 fully saturated rings. The Balaban J connectivity index is 2.39. The summed E-state index contributed by atoms with van der Waals surface area (Å²) in [4.78, 5) is 21.2. The van der Waals surface area contributed by atoms with Gasteiger partial charge in [0, 0.05) is 13.1 Å². The summed E-state index contributed by atoms with van der Waals surface area (Å²) in [5, 5.41) is 14.5. The van der Waals surface area contributed by atoms with Gasteiger partial charge in [-0.25, -0.2) is 9.97 Å². The summed E-state index contributed by atoms with van der Waals surface area (Å²) < 4.78 is 5.45. The van der Waals surface area contributed by atoms with Crippen LogP contribution in [0.2, 0.25) is 0 Å². The van der Waals surface area contributed by atoms with Gasteiger partial charge in [-0.3, -0.25) is 10.1 Å². The number of anilines is 2. The largest absolute Gasteiger partial charge is 0.377 e. The molecule has 8 nitrogen and oxygen atoms in total. The van der Waals surface area contributed by atoms with Crippen molar-refractivity contribution in [2.45, 2.75) is 32.7 Å². The van der Waals surface area contributed by atoms with Crippen molar-refractivity contribution in [2.24, 2.45) is 0 Å². The highest BCUT2D eigenvalue weighted by Crippen LogP contribution is 2.33. The van der Waals surface area contributed by atoms with Crippen molar-refractivity contribution < 1.29 is 9.66 Å². The van der Waals surface area contributed by atoms with Crippen LogP contribution in [0.1, 0.15) is 26.7 Å². The lowest BCUT2D eigenvalue weighted by molar-refractivity contribution is -0.383. The van der Waals surface area contributed by atoms with E-state index in [0.717, 1.165) is 12.8 Å². The number of nitro groups is 1. The standard InChI is InChI=1S/C13H21N5O3/c1-3-5-14-12-11(18(19)20)13(16-9-15-12)17-6-7-21-8-10(17)4-2/h9-10H,3-8H2,1-2H3,(H,14,15,16). The molecule has 1 saturated heterocycles. The first-order chi connectivity index (χ1) is 10.2. The number of hydrogen-bond donors (Lipinski definition) is 1. The normalized spacial score (nSPS) is 18.6. The first kappa shape index (κ1) is 15.4. The van der Waals surface area contributed by atoms with E-state index in [-0.39, 0.29) is 17.5 Å².